The molecule has 1 aromatic heterocycles. The number of nitrogens with one attached hydrogen (secondary N) is 1. The Morgan fingerprint density at radius 2 is 1.91 bits per heavy atom. The first-order chi connectivity index (χ1) is 11.3. The number of aryl methyl sites for hydroxylation is 3. The summed E-state index contributed by atoms with van der Waals surface area (Å²) < 4.78 is 2.45. The minimum Gasteiger partial charge on any atom is -0.347 e. The van der Waals surface area contributed by atoms with Gasteiger partial charge in [-0.3, -0.25) is 0 Å². The van der Waals surface area contributed by atoms with Gasteiger partial charge in [0, 0.05) is 49.8 Å². The normalized spacial score (nSPS) is 16.3. The molecule has 23 heavy (non-hydrogen) atoms. The Morgan fingerprint density at radius 1 is 1.09 bits per heavy atom. The summed E-state index contributed by atoms with van der Waals surface area (Å²) in [5, 5.41) is 4.92. The van der Waals surface area contributed by atoms with Crippen molar-refractivity contribution in [3.8, 4) is 0 Å². The summed E-state index contributed by atoms with van der Waals surface area (Å²) in [6.07, 6.45) is 7.19. The maximum Gasteiger partial charge on any atom is 0.0483 e. The highest BCUT2D eigenvalue weighted by Crippen LogP contribution is 2.25. The molecule has 0 bridgehead atoms. The highest BCUT2D eigenvalue weighted by molar-refractivity contribution is 5.84. The second kappa shape index (κ2) is 7.98. The number of fused-ring (bicyclic) bond motifs is 1. The standard InChI is InChI=1S/C20H31N3/c1-3-11-23-16-18(6-5-12-22-13-9-21-10-14-22)19-15-17(4-2)7-8-20(19)23/h7-8,15-16,21H,3-6,9-14H2,1-2H3. The number of hydrogen-bond donors (Lipinski definition) is 1. The molecular weight excluding hydrogens is 282 g/mol. The SMILES string of the molecule is CCCn1cc(CCCN2CCNCC2)c2cc(CC)ccc21. The van der Waals surface area contributed by atoms with E-state index in [1.165, 1.54) is 55.4 Å². The molecule has 2 aromatic rings. The van der Waals surface area contributed by atoms with Crippen LogP contribution in [0.1, 0.15) is 37.8 Å². The fourth-order valence-electron chi connectivity index (χ4n) is 3.69. The molecule has 0 atom stereocenters. The van der Waals surface area contributed by atoms with Gasteiger partial charge in [0.05, 0.1) is 0 Å². The smallest absolute Gasteiger partial charge is 0.0483 e. The van der Waals surface area contributed by atoms with Gasteiger partial charge in [-0.15, -0.1) is 0 Å². The van der Waals surface area contributed by atoms with Crippen LogP contribution < -0.4 is 5.32 Å². The summed E-state index contributed by atoms with van der Waals surface area (Å²) >= 11 is 0. The summed E-state index contributed by atoms with van der Waals surface area (Å²) in [6.45, 7) is 11.6. The first-order valence-electron chi connectivity index (χ1n) is 9.35. The van der Waals surface area contributed by atoms with Crippen molar-refractivity contribution in [1.29, 1.82) is 0 Å². The van der Waals surface area contributed by atoms with Crippen molar-refractivity contribution >= 4 is 10.9 Å². The highest BCUT2D eigenvalue weighted by atomic mass is 15.2. The fraction of sp³-hybridized carbons (Fsp3) is 0.600. The first-order valence-corrected chi connectivity index (χ1v) is 9.35. The number of hydrogen-bond acceptors (Lipinski definition) is 2. The van der Waals surface area contributed by atoms with Crippen LogP contribution >= 0.6 is 0 Å². The molecule has 3 heteroatoms. The zero-order valence-corrected chi connectivity index (χ0v) is 14.8. The lowest BCUT2D eigenvalue weighted by Gasteiger charge is -2.26. The minimum absolute atomic E-state index is 1.12. The van der Waals surface area contributed by atoms with E-state index >= 15 is 0 Å². The van der Waals surface area contributed by atoms with Gasteiger partial charge >= 0.3 is 0 Å². The quantitative estimate of drug-likeness (QED) is 0.845. The summed E-state index contributed by atoms with van der Waals surface area (Å²) in [5.74, 6) is 0. The number of piperazine rings is 1. The van der Waals surface area contributed by atoms with Crippen molar-refractivity contribution in [3.05, 3.63) is 35.5 Å². The van der Waals surface area contributed by atoms with E-state index in [2.05, 4.69) is 53.0 Å². The fourth-order valence-corrected chi connectivity index (χ4v) is 3.69. The van der Waals surface area contributed by atoms with Crippen molar-refractivity contribution in [2.75, 3.05) is 32.7 Å². The van der Waals surface area contributed by atoms with Crippen molar-refractivity contribution in [3.63, 3.8) is 0 Å². The first kappa shape index (κ1) is 16.5. The second-order valence-corrected chi connectivity index (χ2v) is 6.75. The van der Waals surface area contributed by atoms with Crippen LogP contribution in [0, 0.1) is 0 Å². The summed E-state index contributed by atoms with van der Waals surface area (Å²) in [7, 11) is 0. The van der Waals surface area contributed by atoms with E-state index in [-0.39, 0.29) is 0 Å². The third-order valence-corrected chi connectivity index (χ3v) is 5.03. The molecule has 0 amide bonds. The Morgan fingerprint density at radius 3 is 2.65 bits per heavy atom. The monoisotopic (exact) mass is 313 g/mol. The lowest BCUT2D eigenvalue weighted by Crippen LogP contribution is -2.43. The Hall–Kier alpha value is -1.32. The molecule has 1 N–H and O–H groups in total. The molecule has 126 valence electrons. The molecule has 1 fully saturated rings. The van der Waals surface area contributed by atoms with Crippen LogP contribution in [0.3, 0.4) is 0 Å². The Kier molecular flexibility index (Phi) is 5.74. The number of benzene rings is 1. The molecule has 0 aliphatic carbocycles. The topological polar surface area (TPSA) is 20.2 Å². The molecule has 1 aliphatic heterocycles. The van der Waals surface area contributed by atoms with Crippen LogP contribution in [0.4, 0.5) is 0 Å². The molecule has 3 rings (SSSR count). The van der Waals surface area contributed by atoms with E-state index in [0.717, 1.165) is 26.1 Å². The zero-order chi connectivity index (χ0) is 16.1. The third kappa shape index (κ3) is 3.96. The van der Waals surface area contributed by atoms with Gasteiger partial charge in [0.2, 0.25) is 0 Å². The molecule has 1 saturated heterocycles. The van der Waals surface area contributed by atoms with Gasteiger partial charge in [-0.1, -0.05) is 19.9 Å². The average Bonchev–Trinajstić information content (AvgIpc) is 2.93. The highest BCUT2D eigenvalue weighted by Gasteiger charge is 2.11. The van der Waals surface area contributed by atoms with Crippen LogP contribution in [0.15, 0.2) is 24.4 Å². The molecule has 1 aromatic carbocycles. The maximum absolute atomic E-state index is 3.43. The summed E-state index contributed by atoms with van der Waals surface area (Å²) in [6, 6.07) is 7.03. The van der Waals surface area contributed by atoms with Gasteiger partial charge < -0.3 is 14.8 Å². The molecule has 0 radical (unpaired) electrons. The predicted molar refractivity (Wildman–Crippen MR) is 99.2 cm³/mol. The summed E-state index contributed by atoms with van der Waals surface area (Å²) in [5.41, 5.74) is 4.41. The molecule has 0 saturated carbocycles. The van der Waals surface area contributed by atoms with Crippen LogP contribution in [-0.4, -0.2) is 42.2 Å². The number of nitrogens with zero attached hydrogens (tertiary/aromatic N) is 2. The minimum atomic E-state index is 1.12. The lowest BCUT2D eigenvalue weighted by molar-refractivity contribution is 0.238. The van der Waals surface area contributed by atoms with Gasteiger partial charge in [0.15, 0.2) is 0 Å². The van der Waals surface area contributed by atoms with Gasteiger partial charge in [0.25, 0.3) is 0 Å². The molecule has 3 nitrogen and oxygen atoms in total. The molecule has 0 spiro atoms. The van der Waals surface area contributed by atoms with Crippen molar-refractivity contribution in [2.45, 2.75) is 46.1 Å². The predicted octanol–water partition coefficient (Wildman–Crippen LogP) is 3.45. The van der Waals surface area contributed by atoms with E-state index in [1.807, 2.05) is 0 Å². The number of rotatable bonds is 7. The number of aromatic nitrogens is 1. The van der Waals surface area contributed by atoms with Crippen LogP contribution in [0.25, 0.3) is 10.9 Å². The average molecular weight is 313 g/mol. The largest absolute Gasteiger partial charge is 0.347 e. The molecular formula is C20H31N3. The van der Waals surface area contributed by atoms with E-state index in [9.17, 15) is 0 Å². The Balaban J connectivity index is 1.72. The maximum atomic E-state index is 3.43. The second-order valence-electron chi connectivity index (χ2n) is 6.75. The van der Waals surface area contributed by atoms with Crippen LogP contribution in [0.5, 0.6) is 0 Å². The van der Waals surface area contributed by atoms with Gasteiger partial charge in [0.1, 0.15) is 0 Å². The molecule has 1 aliphatic rings. The van der Waals surface area contributed by atoms with Crippen molar-refractivity contribution in [1.82, 2.24) is 14.8 Å². The Bertz CT molecular complexity index is 623. The van der Waals surface area contributed by atoms with E-state index < -0.39 is 0 Å². The zero-order valence-electron chi connectivity index (χ0n) is 14.8. The van der Waals surface area contributed by atoms with E-state index in [1.54, 1.807) is 5.56 Å². The Labute approximate surface area is 140 Å². The van der Waals surface area contributed by atoms with Gasteiger partial charge in [-0.2, -0.15) is 0 Å². The van der Waals surface area contributed by atoms with Crippen LogP contribution in [-0.2, 0) is 19.4 Å². The van der Waals surface area contributed by atoms with Gasteiger partial charge in [-0.05, 0) is 55.5 Å². The van der Waals surface area contributed by atoms with Crippen molar-refractivity contribution < 1.29 is 0 Å². The van der Waals surface area contributed by atoms with E-state index in [0.29, 0.717) is 0 Å². The lowest BCUT2D eigenvalue weighted by atomic mass is 10.0. The van der Waals surface area contributed by atoms with Gasteiger partial charge in [-0.25, -0.2) is 0 Å². The van der Waals surface area contributed by atoms with E-state index in [4.69, 9.17) is 0 Å². The summed E-state index contributed by atoms with van der Waals surface area (Å²) in [4.78, 5) is 2.60. The molecule has 2 heterocycles. The third-order valence-electron chi connectivity index (χ3n) is 5.03. The molecule has 0 unspecified atom stereocenters. The van der Waals surface area contributed by atoms with Crippen LogP contribution in [0.2, 0.25) is 0 Å². The van der Waals surface area contributed by atoms with Crippen molar-refractivity contribution in [2.24, 2.45) is 0 Å².